The van der Waals surface area contributed by atoms with Crippen molar-refractivity contribution in [2.45, 2.75) is 45.6 Å². The molecule has 0 spiro atoms. The summed E-state index contributed by atoms with van der Waals surface area (Å²) in [5, 5.41) is 2.76. The molecule has 152 valence electrons. The Morgan fingerprint density at radius 2 is 1.72 bits per heavy atom. The molecule has 2 amide bonds. The summed E-state index contributed by atoms with van der Waals surface area (Å²) in [6.45, 7) is 6.30. The van der Waals surface area contributed by atoms with E-state index in [0.29, 0.717) is 30.3 Å². The number of anilines is 2. The summed E-state index contributed by atoms with van der Waals surface area (Å²) < 4.78 is 5.38. The standard InChI is InChI=1S/C23H26N2O4/c1-15(2)17-10-12-18(13-11-17)24-22(27)16(3)29-23(28)19-7-4-5-8-20(19)25-14-6-9-21(25)26/h4-5,7-8,10-13,15-16H,6,9,14H2,1-3H3,(H,24,27)/t16-/m1/s1. The van der Waals surface area contributed by atoms with E-state index in [9.17, 15) is 14.4 Å². The lowest BCUT2D eigenvalue weighted by molar-refractivity contribution is -0.123. The number of hydrogen-bond acceptors (Lipinski definition) is 4. The molecule has 0 bridgehead atoms. The van der Waals surface area contributed by atoms with E-state index in [4.69, 9.17) is 4.74 Å². The largest absolute Gasteiger partial charge is 0.449 e. The predicted molar refractivity (Wildman–Crippen MR) is 112 cm³/mol. The number of ether oxygens (including phenoxy) is 1. The normalized spacial score (nSPS) is 14.8. The molecule has 29 heavy (non-hydrogen) atoms. The second-order valence-electron chi connectivity index (χ2n) is 7.48. The van der Waals surface area contributed by atoms with Gasteiger partial charge in [0, 0.05) is 18.7 Å². The van der Waals surface area contributed by atoms with Crippen molar-refractivity contribution in [2.24, 2.45) is 0 Å². The first kappa shape index (κ1) is 20.6. The van der Waals surface area contributed by atoms with Gasteiger partial charge in [-0.1, -0.05) is 38.1 Å². The number of rotatable bonds is 6. The Bertz CT molecular complexity index is 905. The van der Waals surface area contributed by atoms with Crippen molar-refractivity contribution >= 4 is 29.2 Å². The molecule has 2 aromatic carbocycles. The smallest absolute Gasteiger partial charge is 0.341 e. The zero-order valence-electron chi connectivity index (χ0n) is 17.0. The number of esters is 1. The molecule has 1 aliphatic heterocycles. The average molecular weight is 394 g/mol. The van der Waals surface area contributed by atoms with Gasteiger partial charge < -0.3 is 15.0 Å². The summed E-state index contributed by atoms with van der Waals surface area (Å²) in [4.78, 5) is 38.8. The first-order valence-electron chi connectivity index (χ1n) is 9.88. The van der Waals surface area contributed by atoms with Crippen molar-refractivity contribution in [2.75, 3.05) is 16.8 Å². The van der Waals surface area contributed by atoms with Crippen LogP contribution in [0.2, 0.25) is 0 Å². The Balaban J connectivity index is 1.66. The van der Waals surface area contributed by atoms with Crippen LogP contribution < -0.4 is 10.2 Å². The van der Waals surface area contributed by atoms with E-state index in [0.717, 1.165) is 6.42 Å². The van der Waals surface area contributed by atoms with Gasteiger partial charge in [0.2, 0.25) is 5.91 Å². The molecule has 0 radical (unpaired) electrons. The first-order chi connectivity index (χ1) is 13.9. The highest BCUT2D eigenvalue weighted by Gasteiger charge is 2.27. The van der Waals surface area contributed by atoms with Gasteiger partial charge in [0.1, 0.15) is 0 Å². The fraction of sp³-hybridized carbons (Fsp3) is 0.348. The van der Waals surface area contributed by atoms with Crippen molar-refractivity contribution < 1.29 is 19.1 Å². The van der Waals surface area contributed by atoms with Crippen LogP contribution in [0, 0.1) is 0 Å². The summed E-state index contributed by atoms with van der Waals surface area (Å²) in [6, 6.07) is 14.4. The van der Waals surface area contributed by atoms with E-state index in [1.807, 2.05) is 24.3 Å². The van der Waals surface area contributed by atoms with Gasteiger partial charge in [-0.2, -0.15) is 0 Å². The fourth-order valence-electron chi connectivity index (χ4n) is 3.26. The second-order valence-corrected chi connectivity index (χ2v) is 7.48. The van der Waals surface area contributed by atoms with Gasteiger partial charge in [-0.3, -0.25) is 9.59 Å². The van der Waals surface area contributed by atoms with Crippen LogP contribution in [0.15, 0.2) is 48.5 Å². The third-order valence-corrected chi connectivity index (χ3v) is 4.99. The second kappa shape index (κ2) is 8.90. The maximum atomic E-state index is 12.7. The Morgan fingerprint density at radius 3 is 2.34 bits per heavy atom. The molecule has 1 fully saturated rings. The molecule has 3 rings (SSSR count). The van der Waals surface area contributed by atoms with Gasteiger partial charge in [-0.25, -0.2) is 4.79 Å². The fourth-order valence-corrected chi connectivity index (χ4v) is 3.26. The zero-order valence-corrected chi connectivity index (χ0v) is 17.0. The highest BCUT2D eigenvalue weighted by Crippen LogP contribution is 2.26. The number of carbonyl (C=O) groups is 3. The molecule has 1 saturated heterocycles. The lowest BCUT2D eigenvalue weighted by atomic mass is 10.0. The lowest BCUT2D eigenvalue weighted by Crippen LogP contribution is -2.31. The highest BCUT2D eigenvalue weighted by molar-refractivity contribution is 6.04. The Hall–Kier alpha value is -3.15. The molecular weight excluding hydrogens is 368 g/mol. The quantitative estimate of drug-likeness (QED) is 0.748. The minimum atomic E-state index is -0.977. The molecule has 0 saturated carbocycles. The summed E-state index contributed by atoms with van der Waals surface area (Å²) in [5.41, 5.74) is 2.63. The monoisotopic (exact) mass is 394 g/mol. The van der Waals surface area contributed by atoms with Gasteiger partial charge in [-0.05, 0) is 49.1 Å². The predicted octanol–water partition coefficient (Wildman–Crippen LogP) is 4.12. The Kier molecular flexibility index (Phi) is 6.32. The lowest BCUT2D eigenvalue weighted by Gasteiger charge is -2.20. The SMILES string of the molecule is CC(C)c1ccc(NC(=O)[C@@H](C)OC(=O)c2ccccc2N2CCCC2=O)cc1. The average Bonchev–Trinajstić information content (AvgIpc) is 3.14. The number of para-hydroxylation sites is 1. The molecular formula is C23H26N2O4. The van der Waals surface area contributed by atoms with Crippen LogP contribution in [-0.2, 0) is 14.3 Å². The zero-order chi connectivity index (χ0) is 21.0. The number of carbonyl (C=O) groups excluding carboxylic acids is 3. The van der Waals surface area contributed by atoms with Crippen LogP contribution in [0.25, 0.3) is 0 Å². The van der Waals surface area contributed by atoms with Gasteiger partial charge in [0.05, 0.1) is 11.3 Å². The molecule has 0 aromatic heterocycles. The van der Waals surface area contributed by atoms with Crippen LogP contribution in [0.1, 0.15) is 55.5 Å². The van der Waals surface area contributed by atoms with Crippen LogP contribution in [0.4, 0.5) is 11.4 Å². The van der Waals surface area contributed by atoms with Gasteiger partial charge >= 0.3 is 5.97 Å². The maximum Gasteiger partial charge on any atom is 0.341 e. The molecule has 6 nitrogen and oxygen atoms in total. The molecule has 1 atom stereocenters. The van der Waals surface area contributed by atoms with Gasteiger partial charge in [-0.15, -0.1) is 0 Å². The molecule has 1 N–H and O–H groups in total. The van der Waals surface area contributed by atoms with Crippen LogP contribution in [-0.4, -0.2) is 30.4 Å². The van der Waals surface area contributed by atoms with Crippen molar-refractivity contribution in [3.63, 3.8) is 0 Å². The minimum absolute atomic E-state index is 0.0131. The van der Waals surface area contributed by atoms with Crippen LogP contribution >= 0.6 is 0 Å². The first-order valence-corrected chi connectivity index (χ1v) is 9.88. The summed E-state index contributed by atoms with van der Waals surface area (Å²) in [5.74, 6) is -0.647. The Morgan fingerprint density at radius 1 is 1.03 bits per heavy atom. The van der Waals surface area contributed by atoms with E-state index in [1.165, 1.54) is 12.5 Å². The van der Waals surface area contributed by atoms with Gasteiger partial charge in [0.15, 0.2) is 6.10 Å². The highest BCUT2D eigenvalue weighted by atomic mass is 16.5. The van der Waals surface area contributed by atoms with Crippen molar-refractivity contribution in [3.05, 3.63) is 59.7 Å². The topological polar surface area (TPSA) is 75.7 Å². The van der Waals surface area contributed by atoms with Crippen LogP contribution in [0.5, 0.6) is 0 Å². The molecule has 1 heterocycles. The van der Waals surface area contributed by atoms with Crippen molar-refractivity contribution in [1.29, 1.82) is 0 Å². The Labute approximate surface area is 170 Å². The van der Waals surface area contributed by atoms with E-state index < -0.39 is 18.0 Å². The maximum absolute atomic E-state index is 12.7. The van der Waals surface area contributed by atoms with Crippen molar-refractivity contribution in [3.8, 4) is 0 Å². The number of nitrogens with zero attached hydrogens (tertiary/aromatic N) is 1. The van der Waals surface area contributed by atoms with E-state index in [-0.39, 0.29) is 11.5 Å². The summed E-state index contributed by atoms with van der Waals surface area (Å²) in [6.07, 6.45) is 0.253. The third kappa shape index (κ3) is 4.83. The number of amides is 2. The summed E-state index contributed by atoms with van der Waals surface area (Å²) in [7, 11) is 0. The number of benzene rings is 2. The minimum Gasteiger partial charge on any atom is -0.449 e. The third-order valence-electron chi connectivity index (χ3n) is 4.99. The molecule has 0 unspecified atom stereocenters. The van der Waals surface area contributed by atoms with Gasteiger partial charge in [0.25, 0.3) is 5.91 Å². The van der Waals surface area contributed by atoms with Crippen molar-refractivity contribution in [1.82, 2.24) is 0 Å². The molecule has 6 heteroatoms. The number of nitrogens with one attached hydrogen (secondary N) is 1. The molecule has 0 aliphatic carbocycles. The van der Waals surface area contributed by atoms with E-state index >= 15 is 0 Å². The van der Waals surface area contributed by atoms with Crippen LogP contribution in [0.3, 0.4) is 0 Å². The molecule has 1 aliphatic rings. The summed E-state index contributed by atoms with van der Waals surface area (Å²) >= 11 is 0. The van der Waals surface area contributed by atoms with E-state index in [2.05, 4.69) is 19.2 Å². The number of hydrogen-bond donors (Lipinski definition) is 1. The molecule has 2 aromatic rings. The van der Waals surface area contributed by atoms with E-state index in [1.54, 1.807) is 29.2 Å².